The van der Waals surface area contributed by atoms with Crippen LogP contribution in [-0.4, -0.2) is 16.1 Å². The smallest absolute Gasteiger partial charge is 0.311 e. The highest BCUT2D eigenvalue weighted by Crippen LogP contribution is 2.25. The standard InChI is InChI=1S/C13H12BrNO2S/c1-8-7-18-12(15-8)6-11(13(16)17)9-3-2-4-10(14)5-9/h2-5,7,11H,6H2,1H3,(H,16,17). The van der Waals surface area contributed by atoms with Gasteiger partial charge in [0.25, 0.3) is 0 Å². The third-order valence-corrected chi connectivity index (χ3v) is 4.08. The highest BCUT2D eigenvalue weighted by Gasteiger charge is 2.21. The maximum atomic E-state index is 11.4. The second-order valence-corrected chi connectivity index (χ2v) is 5.89. The number of halogens is 1. The number of rotatable bonds is 4. The Balaban J connectivity index is 2.26. The van der Waals surface area contributed by atoms with E-state index in [1.54, 1.807) is 0 Å². The Hall–Kier alpha value is -1.20. The Bertz CT molecular complexity index is 568. The molecule has 1 heterocycles. The number of hydrogen-bond donors (Lipinski definition) is 1. The minimum absolute atomic E-state index is 0.435. The van der Waals surface area contributed by atoms with E-state index in [4.69, 9.17) is 0 Å². The lowest BCUT2D eigenvalue weighted by molar-refractivity contribution is -0.138. The molecule has 3 nitrogen and oxygen atoms in total. The zero-order valence-electron chi connectivity index (χ0n) is 9.76. The summed E-state index contributed by atoms with van der Waals surface area (Å²) in [5.41, 5.74) is 1.73. The highest BCUT2D eigenvalue weighted by molar-refractivity contribution is 9.10. The van der Waals surface area contributed by atoms with Crippen molar-refractivity contribution >= 4 is 33.2 Å². The molecule has 0 aliphatic rings. The van der Waals surface area contributed by atoms with E-state index in [-0.39, 0.29) is 0 Å². The molecular formula is C13H12BrNO2S. The molecule has 18 heavy (non-hydrogen) atoms. The van der Waals surface area contributed by atoms with Gasteiger partial charge in [-0.2, -0.15) is 0 Å². The zero-order valence-corrected chi connectivity index (χ0v) is 12.2. The van der Waals surface area contributed by atoms with Gasteiger partial charge in [-0.1, -0.05) is 28.1 Å². The second kappa shape index (κ2) is 5.63. The minimum Gasteiger partial charge on any atom is -0.481 e. The highest BCUT2D eigenvalue weighted by atomic mass is 79.9. The van der Waals surface area contributed by atoms with Crippen molar-refractivity contribution in [1.82, 2.24) is 4.98 Å². The Morgan fingerprint density at radius 3 is 2.89 bits per heavy atom. The van der Waals surface area contributed by atoms with Crippen LogP contribution in [0.2, 0.25) is 0 Å². The molecule has 0 saturated carbocycles. The Kier molecular flexibility index (Phi) is 4.14. The van der Waals surface area contributed by atoms with Crippen LogP contribution in [0, 0.1) is 6.92 Å². The van der Waals surface area contributed by atoms with Crippen LogP contribution < -0.4 is 0 Å². The van der Waals surface area contributed by atoms with Crippen LogP contribution in [0.5, 0.6) is 0 Å². The van der Waals surface area contributed by atoms with Gasteiger partial charge in [0.15, 0.2) is 0 Å². The number of benzene rings is 1. The van der Waals surface area contributed by atoms with Crippen LogP contribution in [0.15, 0.2) is 34.1 Å². The normalized spacial score (nSPS) is 12.3. The van der Waals surface area contributed by atoms with Crippen LogP contribution in [0.25, 0.3) is 0 Å². The van der Waals surface area contributed by atoms with Gasteiger partial charge in [-0.3, -0.25) is 4.79 Å². The van der Waals surface area contributed by atoms with E-state index >= 15 is 0 Å². The lowest BCUT2D eigenvalue weighted by atomic mass is 9.96. The number of hydrogen-bond acceptors (Lipinski definition) is 3. The van der Waals surface area contributed by atoms with Crippen molar-refractivity contribution in [1.29, 1.82) is 0 Å². The van der Waals surface area contributed by atoms with E-state index in [1.807, 2.05) is 36.6 Å². The van der Waals surface area contributed by atoms with Gasteiger partial charge in [0.05, 0.1) is 10.9 Å². The Labute approximate surface area is 118 Å². The topological polar surface area (TPSA) is 50.2 Å². The molecule has 0 saturated heterocycles. The summed E-state index contributed by atoms with van der Waals surface area (Å²) in [6, 6.07) is 7.42. The van der Waals surface area contributed by atoms with Crippen LogP contribution in [0.1, 0.15) is 22.2 Å². The van der Waals surface area contributed by atoms with Crippen molar-refractivity contribution in [3.8, 4) is 0 Å². The molecule has 1 aromatic heterocycles. The molecule has 1 aromatic carbocycles. The van der Waals surface area contributed by atoms with E-state index < -0.39 is 11.9 Å². The molecular weight excluding hydrogens is 314 g/mol. The predicted molar refractivity (Wildman–Crippen MR) is 75.1 cm³/mol. The van der Waals surface area contributed by atoms with Crippen molar-refractivity contribution in [3.63, 3.8) is 0 Å². The lowest BCUT2D eigenvalue weighted by Crippen LogP contribution is -2.14. The molecule has 1 N–H and O–H groups in total. The number of carbonyl (C=O) groups is 1. The van der Waals surface area contributed by atoms with Crippen LogP contribution in [-0.2, 0) is 11.2 Å². The predicted octanol–water partition coefficient (Wildman–Crippen LogP) is 3.62. The molecule has 1 atom stereocenters. The molecule has 0 bridgehead atoms. The van der Waals surface area contributed by atoms with Gasteiger partial charge in [0, 0.05) is 22.0 Å². The fraction of sp³-hybridized carbons (Fsp3) is 0.231. The molecule has 0 radical (unpaired) electrons. The van der Waals surface area contributed by atoms with Gasteiger partial charge >= 0.3 is 5.97 Å². The van der Waals surface area contributed by atoms with E-state index in [2.05, 4.69) is 20.9 Å². The van der Waals surface area contributed by atoms with Gasteiger partial charge in [0.2, 0.25) is 0 Å². The van der Waals surface area contributed by atoms with E-state index in [0.29, 0.717) is 6.42 Å². The van der Waals surface area contributed by atoms with E-state index in [0.717, 1.165) is 20.7 Å². The number of carboxylic acids is 1. The molecule has 0 spiro atoms. The third kappa shape index (κ3) is 3.17. The summed E-state index contributed by atoms with van der Waals surface area (Å²) in [5, 5.41) is 12.1. The zero-order chi connectivity index (χ0) is 13.1. The van der Waals surface area contributed by atoms with E-state index in [1.165, 1.54) is 11.3 Å². The molecule has 5 heteroatoms. The van der Waals surface area contributed by atoms with Gasteiger partial charge in [-0.15, -0.1) is 11.3 Å². The Morgan fingerprint density at radius 1 is 1.56 bits per heavy atom. The summed E-state index contributed by atoms with van der Waals surface area (Å²) < 4.78 is 0.890. The Morgan fingerprint density at radius 2 is 2.33 bits per heavy atom. The first-order valence-electron chi connectivity index (χ1n) is 5.45. The van der Waals surface area contributed by atoms with E-state index in [9.17, 15) is 9.90 Å². The van der Waals surface area contributed by atoms with Crippen molar-refractivity contribution < 1.29 is 9.90 Å². The summed E-state index contributed by atoms with van der Waals surface area (Å²) in [5.74, 6) is -1.37. The maximum Gasteiger partial charge on any atom is 0.311 e. The van der Waals surface area contributed by atoms with Crippen LogP contribution in [0.4, 0.5) is 0 Å². The first-order chi connectivity index (χ1) is 8.56. The lowest BCUT2D eigenvalue weighted by Gasteiger charge is -2.11. The second-order valence-electron chi connectivity index (χ2n) is 4.03. The summed E-state index contributed by atoms with van der Waals surface area (Å²) >= 11 is 4.87. The van der Waals surface area contributed by atoms with Crippen molar-refractivity contribution in [2.75, 3.05) is 0 Å². The molecule has 0 amide bonds. The number of nitrogens with zero attached hydrogens (tertiary/aromatic N) is 1. The van der Waals surface area contributed by atoms with Crippen molar-refractivity contribution in [2.24, 2.45) is 0 Å². The summed E-state index contributed by atoms with van der Waals surface area (Å²) in [6.45, 7) is 1.91. The number of aliphatic carboxylic acids is 1. The van der Waals surface area contributed by atoms with Gasteiger partial charge in [-0.05, 0) is 24.6 Å². The fourth-order valence-electron chi connectivity index (χ4n) is 1.74. The van der Waals surface area contributed by atoms with Crippen molar-refractivity contribution in [2.45, 2.75) is 19.3 Å². The minimum atomic E-state index is -0.819. The molecule has 1 unspecified atom stereocenters. The number of thiazole rings is 1. The van der Waals surface area contributed by atoms with Gasteiger partial charge in [0.1, 0.15) is 0 Å². The molecule has 0 fully saturated rings. The largest absolute Gasteiger partial charge is 0.481 e. The average Bonchev–Trinajstić information content (AvgIpc) is 2.71. The first kappa shape index (κ1) is 13.2. The van der Waals surface area contributed by atoms with Crippen molar-refractivity contribution in [3.05, 3.63) is 50.4 Å². The summed E-state index contributed by atoms with van der Waals surface area (Å²) in [4.78, 5) is 15.7. The van der Waals surface area contributed by atoms with Gasteiger partial charge < -0.3 is 5.11 Å². The molecule has 2 aromatic rings. The number of aryl methyl sites for hydroxylation is 1. The molecule has 0 aliphatic carbocycles. The third-order valence-electron chi connectivity index (χ3n) is 2.59. The first-order valence-corrected chi connectivity index (χ1v) is 7.13. The average molecular weight is 326 g/mol. The SMILES string of the molecule is Cc1csc(CC(C(=O)O)c2cccc(Br)c2)n1. The fourth-order valence-corrected chi connectivity index (χ4v) is 2.98. The van der Waals surface area contributed by atoms with Gasteiger partial charge in [-0.25, -0.2) is 4.98 Å². The number of aromatic nitrogens is 1. The molecule has 94 valence electrons. The molecule has 2 rings (SSSR count). The maximum absolute atomic E-state index is 11.4. The monoisotopic (exact) mass is 325 g/mol. The van der Waals surface area contributed by atoms with Crippen LogP contribution >= 0.6 is 27.3 Å². The quantitative estimate of drug-likeness (QED) is 0.933. The summed E-state index contributed by atoms with van der Waals surface area (Å²) in [6.07, 6.45) is 0.435. The number of carboxylic acid groups (broad SMARTS) is 1. The van der Waals surface area contributed by atoms with Crippen LogP contribution in [0.3, 0.4) is 0 Å². The summed E-state index contributed by atoms with van der Waals surface area (Å²) in [7, 11) is 0. The molecule has 0 aliphatic heterocycles.